The molecule has 1 heterocycles. The number of rotatable bonds is 10. The number of hydrogen-bond acceptors (Lipinski definition) is 6. The molecule has 202 valence electrons. The Morgan fingerprint density at radius 3 is 2.39 bits per heavy atom. The summed E-state index contributed by atoms with van der Waals surface area (Å²) in [5.74, 6) is 0.724. The average Bonchev–Trinajstić information content (AvgIpc) is 3.38. The fourth-order valence-electron chi connectivity index (χ4n) is 4.76. The Kier molecular flexibility index (Phi) is 7.99. The van der Waals surface area contributed by atoms with Gasteiger partial charge in [-0.15, -0.1) is 0 Å². The van der Waals surface area contributed by atoms with E-state index >= 15 is 0 Å². The van der Waals surface area contributed by atoms with Crippen molar-refractivity contribution in [3.8, 4) is 11.5 Å². The zero-order valence-corrected chi connectivity index (χ0v) is 21.5. The van der Waals surface area contributed by atoms with E-state index in [1.807, 2.05) is 0 Å². The molecule has 2 aromatic carbocycles. The number of hydrogen-bond donors (Lipinski definition) is 2. The molecule has 4 rings (SSSR count). The first-order valence-electron chi connectivity index (χ1n) is 12.4. The Morgan fingerprint density at radius 2 is 1.76 bits per heavy atom. The highest BCUT2D eigenvalue weighted by atomic mass is 19.4. The van der Waals surface area contributed by atoms with Crippen LogP contribution < -0.4 is 25.5 Å². The van der Waals surface area contributed by atoms with E-state index in [1.54, 1.807) is 18.2 Å². The first-order valence-corrected chi connectivity index (χ1v) is 12.4. The van der Waals surface area contributed by atoms with Crippen LogP contribution in [0.2, 0.25) is 0 Å². The van der Waals surface area contributed by atoms with Crippen molar-refractivity contribution in [2.75, 3.05) is 31.1 Å². The third kappa shape index (κ3) is 5.79. The average molecular weight is 529 g/mol. The minimum atomic E-state index is -4.60. The SMILES string of the molecule is C=C1C2=C(CCC2)C(c2cc(OC)cc(OC)c2)=NN1c1cc(NCCCCC(N)=O)ccc1C(F)(F)F. The molecule has 0 radical (unpaired) electrons. The number of nitrogens with two attached hydrogens (primary N) is 1. The number of amides is 1. The van der Waals surface area contributed by atoms with Gasteiger partial charge < -0.3 is 20.5 Å². The van der Waals surface area contributed by atoms with Crippen LogP contribution in [0.1, 0.15) is 49.7 Å². The van der Waals surface area contributed by atoms with E-state index in [0.717, 1.165) is 30.1 Å². The predicted octanol–water partition coefficient (Wildman–Crippen LogP) is 6.01. The number of carbonyl (C=O) groups is 1. The molecule has 2 aromatic rings. The van der Waals surface area contributed by atoms with Gasteiger partial charge in [0, 0.05) is 30.3 Å². The van der Waals surface area contributed by atoms with Crippen LogP contribution in [0.3, 0.4) is 0 Å². The van der Waals surface area contributed by atoms with Crippen LogP contribution >= 0.6 is 0 Å². The number of primary amides is 1. The summed E-state index contributed by atoms with van der Waals surface area (Å²) in [6, 6.07) is 9.21. The number of unbranched alkanes of at least 4 members (excludes halogenated alkanes) is 1. The Hall–Kier alpha value is -3.95. The molecule has 2 aliphatic rings. The number of nitrogens with zero attached hydrogens (tertiary/aromatic N) is 2. The number of anilines is 2. The summed E-state index contributed by atoms with van der Waals surface area (Å²) in [6.07, 6.45) is -0.800. The summed E-state index contributed by atoms with van der Waals surface area (Å²) < 4.78 is 53.3. The van der Waals surface area contributed by atoms with Gasteiger partial charge >= 0.3 is 6.18 Å². The molecule has 38 heavy (non-hydrogen) atoms. The second-order valence-electron chi connectivity index (χ2n) is 9.20. The van der Waals surface area contributed by atoms with Crippen LogP contribution in [0.25, 0.3) is 0 Å². The molecule has 0 fully saturated rings. The Bertz CT molecular complexity index is 1280. The Balaban J connectivity index is 1.76. The molecule has 0 saturated heterocycles. The summed E-state index contributed by atoms with van der Waals surface area (Å²) in [7, 11) is 3.08. The van der Waals surface area contributed by atoms with Gasteiger partial charge in [0.15, 0.2) is 0 Å². The molecule has 0 aromatic heterocycles. The number of carbonyl (C=O) groups excluding carboxylic acids is 1. The molecular weight excluding hydrogens is 497 g/mol. The van der Waals surface area contributed by atoms with Crippen LogP contribution in [-0.4, -0.2) is 32.4 Å². The molecule has 1 aliphatic carbocycles. The fraction of sp³-hybridized carbons (Fsp3) is 0.357. The normalized spacial score (nSPS) is 15.3. The van der Waals surface area contributed by atoms with Crippen molar-refractivity contribution in [2.24, 2.45) is 10.8 Å². The number of benzene rings is 2. The van der Waals surface area contributed by atoms with Gasteiger partial charge in [0.1, 0.15) is 11.5 Å². The van der Waals surface area contributed by atoms with Gasteiger partial charge in [-0.2, -0.15) is 18.3 Å². The Labute approximate surface area is 219 Å². The molecule has 3 N–H and O–H groups in total. The molecule has 1 aliphatic heterocycles. The molecule has 0 atom stereocenters. The van der Waals surface area contributed by atoms with E-state index < -0.39 is 11.7 Å². The van der Waals surface area contributed by atoms with Crippen LogP contribution in [0.4, 0.5) is 24.5 Å². The van der Waals surface area contributed by atoms with E-state index in [-0.39, 0.29) is 18.0 Å². The smallest absolute Gasteiger partial charge is 0.418 e. The van der Waals surface area contributed by atoms with Crippen molar-refractivity contribution in [1.82, 2.24) is 0 Å². The second kappa shape index (κ2) is 11.2. The number of halogens is 3. The molecule has 0 saturated carbocycles. The molecule has 1 amide bonds. The van der Waals surface area contributed by atoms with Gasteiger partial charge in [-0.25, -0.2) is 5.01 Å². The summed E-state index contributed by atoms with van der Waals surface area (Å²) >= 11 is 0. The van der Waals surface area contributed by atoms with Crippen LogP contribution in [-0.2, 0) is 11.0 Å². The predicted molar refractivity (Wildman–Crippen MR) is 142 cm³/mol. The highest BCUT2D eigenvalue weighted by Crippen LogP contribution is 2.45. The highest BCUT2D eigenvalue weighted by molar-refractivity contribution is 6.15. The minimum Gasteiger partial charge on any atom is -0.497 e. The standard InChI is InChI=1S/C28H31F3N4O3/c1-17-22-7-6-8-23(22)27(18-13-20(37-2)16-21(14-18)38-3)34-35(17)25-15-19(10-11-24(25)28(29,30)31)33-12-5-4-9-26(32)36/h10-11,13-16,33H,1,4-9,12H2,2-3H3,(H2,32,36). The summed E-state index contributed by atoms with van der Waals surface area (Å²) in [6.45, 7) is 4.62. The lowest BCUT2D eigenvalue weighted by Crippen LogP contribution is -2.27. The number of ether oxygens (including phenoxy) is 2. The number of nitrogens with one attached hydrogen (secondary N) is 1. The first-order chi connectivity index (χ1) is 18.1. The van der Waals surface area contributed by atoms with Crippen molar-refractivity contribution in [3.05, 3.63) is 70.9 Å². The quantitative estimate of drug-likeness (QED) is 0.369. The van der Waals surface area contributed by atoms with Crippen LogP contribution in [0.15, 0.2) is 64.9 Å². The van der Waals surface area contributed by atoms with Crippen molar-refractivity contribution in [1.29, 1.82) is 0 Å². The Morgan fingerprint density at radius 1 is 1.08 bits per heavy atom. The third-order valence-corrected chi connectivity index (χ3v) is 6.64. The maximum absolute atomic E-state index is 14.2. The van der Waals surface area contributed by atoms with Crippen LogP contribution in [0.5, 0.6) is 11.5 Å². The summed E-state index contributed by atoms with van der Waals surface area (Å²) in [5, 5.41) is 9.18. The van der Waals surface area contributed by atoms with E-state index in [9.17, 15) is 18.0 Å². The van der Waals surface area contributed by atoms with Gasteiger partial charge in [-0.05, 0) is 73.6 Å². The lowest BCUT2D eigenvalue weighted by Gasteiger charge is -2.31. The van der Waals surface area contributed by atoms with E-state index in [4.69, 9.17) is 20.3 Å². The van der Waals surface area contributed by atoms with Gasteiger partial charge in [0.05, 0.1) is 36.9 Å². The maximum atomic E-state index is 14.2. The zero-order valence-electron chi connectivity index (χ0n) is 21.5. The topological polar surface area (TPSA) is 89.2 Å². The second-order valence-corrected chi connectivity index (χ2v) is 9.20. The lowest BCUT2D eigenvalue weighted by molar-refractivity contribution is -0.137. The third-order valence-electron chi connectivity index (χ3n) is 6.64. The van der Waals surface area contributed by atoms with Gasteiger partial charge in [0.25, 0.3) is 0 Å². The largest absolute Gasteiger partial charge is 0.497 e. The van der Waals surface area contributed by atoms with Gasteiger partial charge in [0.2, 0.25) is 5.91 Å². The first kappa shape index (κ1) is 27.1. The minimum absolute atomic E-state index is 0.115. The van der Waals surface area contributed by atoms with Crippen molar-refractivity contribution < 1.29 is 27.4 Å². The number of methoxy groups -OCH3 is 2. The van der Waals surface area contributed by atoms with Crippen LogP contribution in [0, 0.1) is 0 Å². The van der Waals surface area contributed by atoms with E-state index in [2.05, 4.69) is 11.9 Å². The molecule has 10 heteroatoms. The number of hydrazone groups is 1. The lowest BCUT2D eigenvalue weighted by atomic mass is 9.95. The van der Waals surface area contributed by atoms with E-state index in [0.29, 0.717) is 60.0 Å². The van der Waals surface area contributed by atoms with Gasteiger partial charge in [-0.3, -0.25) is 4.79 Å². The van der Waals surface area contributed by atoms with E-state index in [1.165, 1.54) is 31.4 Å². The molecular formula is C28H31F3N4O3. The molecule has 0 bridgehead atoms. The molecule has 0 spiro atoms. The molecule has 7 nitrogen and oxygen atoms in total. The van der Waals surface area contributed by atoms with Crippen molar-refractivity contribution >= 4 is 23.0 Å². The monoisotopic (exact) mass is 528 g/mol. The van der Waals surface area contributed by atoms with Crippen molar-refractivity contribution in [2.45, 2.75) is 44.7 Å². The zero-order chi connectivity index (χ0) is 27.4. The number of alkyl halides is 3. The number of allylic oxidation sites excluding steroid dienone is 2. The maximum Gasteiger partial charge on any atom is 0.418 e. The van der Waals surface area contributed by atoms with Gasteiger partial charge in [-0.1, -0.05) is 6.58 Å². The summed E-state index contributed by atoms with van der Waals surface area (Å²) in [5.41, 5.74) is 8.30. The fourth-order valence-corrected chi connectivity index (χ4v) is 4.76. The summed E-state index contributed by atoms with van der Waals surface area (Å²) in [4.78, 5) is 10.9. The highest BCUT2D eigenvalue weighted by Gasteiger charge is 2.38. The molecule has 0 unspecified atom stereocenters. The van der Waals surface area contributed by atoms with Crippen molar-refractivity contribution in [3.63, 3.8) is 0 Å².